The Morgan fingerprint density at radius 2 is 1.42 bits per heavy atom. The van der Waals surface area contributed by atoms with Crippen LogP contribution in [0.5, 0.6) is 0 Å². The Balaban J connectivity index is 0.00000206. The van der Waals surface area contributed by atoms with Gasteiger partial charge in [0.15, 0.2) is 4.80 Å². The van der Waals surface area contributed by atoms with Crippen LogP contribution in [-0.2, 0) is 17.8 Å². The smallest absolute Gasteiger partial charge is 0.226 e. The predicted octanol–water partition coefficient (Wildman–Crippen LogP) is 5.49. The van der Waals surface area contributed by atoms with Crippen molar-refractivity contribution in [3.05, 3.63) is 15.9 Å². The number of hydrogen-bond donors (Lipinski definition) is 1. The summed E-state index contributed by atoms with van der Waals surface area (Å²) in [4.78, 5) is 19.9. The minimum Gasteiger partial charge on any atom is -0.350 e. The summed E-state index contributed by atoms with van der Waals surface area (Å²) in [6.45, 7) is 3.13. The standard InChI is InChI=1S/C27H39N3OS.ClH/c1-2-30-23(9-24(31)28-26-10-17-3-18(11-26)5-19(4-17)12-26)16-32-25(30)29-27-13-20-6-21(14-27)8-22(7-20)15-27;/h16-22H,2-15H2,1H3,(H,28,31);1H. The highest BCUT2D eigenvalue weighted by Gasteiger charge is 2.52. The number of halogens is 1. The van der Waals surface area contributed by atoms with Gasteiger partial charge >= 0.3 is 0 Å². The SMILES string of the molecule is CCn1c(CC(=O)NC23CC4CC(CC(C4)C2)C3)csc1=NC12CC3CC(CC(C3)C1)C2.Cl. The van der Waals surface area contributed by atoms with Crippen LogP contribution in [0.1, 0.15) is 89.7 Å². The normalized spacial score (nSPS) is 44.8. The first kappa shape index (κ1) is 22.6. The van der Waals surface area contributed by atoms with Gasteiger partial charge in [-0.25, -0.2) is 0 Å². The molecule has 9 rings (SSSR count). The molecule has 8 aliphatic rings. The maximum atomic E-state index is 13.2. The number of hydrogen-bond acceptors (Lipinski definition) is 3. The quantitative estimate of drug-likeness (QED) is 0.584. The van der Waals surface area contributed by atoms with Crippen molar-refractivity contribution in [1.82, 2.24) is 9.88 Å². The van der Waals surface area contributed by atoms with Crippen molar-refractivity contribution in [2.24, 2.45) is 40.5 Å². The molecular formula is C27H40ClN3OS. The molecule has 0 aliphatic heterocycles. The molecule has 8 bridgehead atoms. The summed E-state index contributed by atoms with van der Waals surface area (Å²) < 4.78 is 2.35. The number of rotatable bonds is 5. The summed E-state index contributed by atoms with van der Waals surface area (Å²) in [6, 6.07) is 0. The van der Waals surface area contributed by atoms with E-state index < -0.39 is 0 Å². The van der Waals surface area contributed by atoms with Gasteiger partial charge in [-0.15, -0.1) is 23.7 Å². The zero-order valence-corrected chi connectivity index (χ0v) is 21.7. The lowest BCUT2D eigenvalue weighted by Crippen LogP contribution is -2.60. The molecule has 4 nitrogen and oxygen atoms in total. The van der Waals surface area contributed by atoms with Crippen molar-refractivity contribution in [3.8, 4) is 0 Å². The predicted molar refractivity (Wildman–Crippen MR) is 134 cm³/mol. The Bertz CT molecular complexity index is 923. The number of carbonyl (C=O) groups is 1. The van der Waals surface area contributed by atoms with E-state index in [4.69, 9.17) is 4.99 Å². The van der Waals surface area contributed by atoms with Crippen LogP contribution in [0.3, 0.4) is 0 Å². The van der Waals surface area contributed by atoms with Gasteiger partial charge in [0.2, 0.25) is 5.91 Å². The van der Waals surface area contributed by atoms with Gasteiger partial charge in [0.05, 0.1) is 12.0 Å². The van der Waals surface area contributed by atoms with Crippen molar-refractivity contribution in [2.45, 2.75) is 108 Å². The highest BCUT2D eigenvalue weighted by Crippen LogP contribution is 2.57. The van der Waals surface area contributed by atoms with E-state index in [0.717, 1.165) is 42.1 Å². The second-order valence-corrected chi connectivity index (χ2v) is 13.8. The fraction of sp³-hybridized carbons (Fsp3) is 0.852. The Labute approximate surface area is 208 Å². The van der Waals surface area contributed by atoms with Crippen molar-refractivity contribution >= 4 is 29.7 Å². The highest BCUT2D eigenvalue weighted by atomic mass is 35.5. The molecule has 8 aliphatic carbocycles. The van der Waals surface area contributed by atoms with Crippen molar-refractivity contribution in [3.63, 3.8) is 0 Å². The number of nitrogens with one attached hydrogen (secondary N) is 1. The molecule has 0 radical (unpaired) electrons. The maximum Gasteiger partial charge on any atom is 0.226 e. The zero-order valence-electron chi connectivity index (χ0n) is 20.1. The first-order chi connectivity index (χ1) is 15.5. The Hall–Kier alpha value is -0.810. The van der Waals surface area contributed by atoms with E-state index in [9.17, 15) is 4.79 Å². The van der Waals surface area contributed by atoms with Crippen molar-refractivity contribution in [2.75, 3.05) is 0 Å². The summed E-state index contributed by atoms with van der Waals surface area (Å²) in [5, 5.41) is 5.81. The van der Waals surface area contributed by atoms with E-state index in [1.54, 1.807) is 11.3 Å². The summed E-state index contributed by atoms with van der Waals surface area (Å²) in [6.07, 6.45) is 16.8. The fourth-order valence-electron chi connectivity index (χ4n) is 10.1. The molecule has 0 atom stereocenters. The molecule has 1 amide bonds. The topological polar surface area (TPSA) is 46.4 Å². The molecule has 0 unspecified atom stereocenters. The molecule has 1 N–H and O–H groups in total. The highest BCUT2D eigenvalue weighted by molar-refractivity contribution is 7.07. The lowest BCUT2D eigenvalue weighted by molar-refractivity contribution is -0.126. The van der Waals surface area contributed by atoms with Gasteiger partial charge in [-0.3, -0.25) is 9.79 Å². The number of amides is 1. The first-order valence-corrected chi connectivity index (χ1v) is 14.4. The third kappa shape index (κ3) is 3.93. The summed E-state index contributed by atoms with van der Waals surface area (Å²) >= 11 is 1.78. The Morgan fingerprint density at radius 1 is 0.939 bits per heavy atom. The van der Waals surface area contributed by atoms with Gasteiger partial charge in [0, 0.05) is 23.2 Å². The molecule has 6 heteroatoms. The summed E-state index contributed by atoms with van der Waals surface area (Å²) in [5.74, 6) is 5.62. The largest absolute Gasteiger partial charge is 0.350 e. The average Bonchev–Trinajstić information content (AvgIpc) is 3.05. The van der Waals surface area contributed by atoms with E-state index in [2.05, 4.69) is 22.2 Å². The third-order valence-electron chi connectivity index (χ3n) is 10.3. The molecule has 33 heavy (non-hydrogen) atoms. The van der Waals surface area contributed by atoms with E-state index >= 15 is 0 Å². The number of carbonyl (C=O) groups excluding carboxylic acids is 1. The van der Waals surface area contributed by atoms with E-state index in [1.165, 1.54) is 87.5 Å². The van der Waals surface area contributed by atoms with Crippen LogP contribution in [0.2, 0.25) is 0 Å². The maximum absolute atomic E-state index is 13.2. The number of nitrogens with zero attached hydrogens (tertiary/aromatic N) is 2. The van der Waals surface area contributed by atoms with E-state index in [-0.39, 0.29) is 29.4 Å². The van der Waals surface area contributed by atoms with Crippen LogP contribution in [-0.4, -0.2) is 21.6 Å². The fourth-order valence-corrected chi connectivity index (χ4v) is 11.2. The van der Waals surface area contributed by atoms with Gasteiger partial charge in [0.25, 0.3) is 0 Å². The van der Waals surface area contributed by atoms with Crippen molar-refractivity contribution in [1.29, 1.82) is 0 Å². The number of thiazole rings is 1. The second kappa shape index (κ2) is 8.11. The molecule has 8 saturated carbocycles. The molecular weight excluding hydrogens is 450 g/mol. The van der Waals surface area contributed by atoms with Gasteiger partial charge < -0.3 is 9.88 Å². The first-order valence-electron chi connectivity index (χ1n) is 13.5. The van der Waals surface area contributed by atoms with Crippen LogP contribution in [0.15, 0.2) is 10.4 Å². The zero-order chi connectivity index (χ0) is 21.5. The second-order valence-electron chi connectivity index (χ2n) is 12.9. The molecule has 0 saturated heterocycles. The van der Waals surface area contributed by atoms with E-state index in [1.807, 2.05) is 0 Å². The van der Waals surface area contributed by atoms with Gasteiger partial charge in [0.1, 0.15) is 0 Å². The molecule has 8 fully saturated rings. The molecule has 0 aromatic carbocycles. The molecule has 0 spiro atoms. The molecule has 182 valence electrons. The number of aromatic nitrogens is 1. The van der Waals surface area contributed by atoms with Gasteiger partial charge in [-0.05, 0) is 119 Å². The van der Waals surface area contributed by atoms with Crippen LogP contribution in [0.4, 0.5) is 0 Å². The van der Waals surface area contributed by atoms with Crippen LogP contribution < -0.4 is 10.1 Å². The van der Waals surface area contributed by atoms with Crippen LogP contribution in [0.25, 0.3) is 0 Å². The monoisotopic (exact) mass is 489 g/mol. The molecule has 1 heterocycles. The minimum absolute atomic E-state index is 0. The third-order valence-corrected chi connectivity index (χ3v) is 11.2. The van der Waals surface area contributed by atoms with Crippen LogP contribution in [0, 0.1) is 35.5 Å². The van der Waals surface area contributed by atoms with Crippen molar-refractivity contribution < 1.29 is 4.79 Å². The molecule has 1 aromatic rings. The lowest BCUT2D eigenvalue weighted by Gasteiger charge is -2.56. The van der Waals surface area contributed by atoms with E-state index in [0.29, 0.717) is 6.42 Å². The van der Waals surface area contributed by atoms with Gasteiger partial charge in [-0.1, -0.05) is 0 Å². The Kier molecular flexibility index (Phi) is 5.57. The Morgan fingerprint density at radius 3 is 1.91 bits per heavy atom. The van der Waals surface area contributed by atoms with Gasteiger partial charge in [-0.2, -0.15) is 0 Å². The van der Waals surface area contributed by atoms with Crippen LogP contribution >= 0.6 is 23.7 Å². The summed E-state index contributed by atoms with van der Waals surface area (Å²) in [5.41, 5.74) is 1.49. The average molecular weight is 490 g/mol. The summed E-state index contributed by atoms with van der Waals surface area (Å²) in [7, 11) is 0. The lowest BCUT2D eigenvalue weighted by atomic mass is 9.53. The minimum atomic E-state index is 0. The molecule has 1 aromatic heterocycles.